The fraction of sp³-hybridized carbons (Fsp3) is 0.706. The summed E-state index contributed by atoms with van der Waals surface area (Å²) in [6, 6.07) is 2.30. The topological polar surface area (TPSA) is 49.3 Å². The van der Waals surface area contributed by atoms with Gasteiger partial charge in [0.2, 0.25) is 11.9 Å². The SMILES string of the molecule is CCN(C(=O)C1CCCN(c2ncccn2)C1)C1CCCC1. The third-order valence-electron chi connectivity index (χ3n) is 4.99. The van der Waals surface area contributed by atoms with Crippen molar-refractivity contribution in [3.8, 4) is 0 Å². The molecule has 1 aliphatic carbocycles. The molecular weight excluding hydrogens is 276 g/mol. The third kappa shape index (κ3) is 3.23. The van der Waals surface area contributed by atoms with Gasteiger partial charge in [0.15, 0.2) is 0 Å². The standard InChI is InChI=1S/C17H26N4O/c1-2-21(15-8-3-4-9-15)16(22)14-7-5-12-20(13-14)17-18-10-6-11-19-17/h6,10-11,14-15H,2-5,7-9,12-13H2,1H3. The van der Waals surface area contributed by atoms with Gasteiger partial charge in [-0.15, -0.1) is 0 Å². The molecule has 120 valence electrons. The van der Waals surface area contributed by atoms with Crippen LogP contribution < -0.4 is 4.90 Å². The van der Waals surface area contributed by atoms with Gasteiger partial charge in [0.25, 0.3) is 0 Å². The van der Waals surface area contributed by atoms with Crippen molar-refractivity contribution < 1.29 is 4.79 Å². The first-order valence-electron chi connectivity index (χ1n) is 8.62. The van der Waals surface area contributed by atoms with Crippen LogP contribution in [-0.4, -0.2) is 46.5 Å². The summed E-state index contributed by atoms with van der Waals surface area (Å²) in [5, 5.41) is 0. The lowest BCUT2D eigenvalue weighted by Gasteiger charge is -2.36. The first-order chi connectivity index (χ1) is 10.8. The van der Waals surface area contributed by atoms with E-state index in [1.807, 2.05) is 6.07 Å². The summed E-state index contributed by atoms with van der Waals surface area (Å²) >= 11 is 0. The molecule has 1 aromatic rings. The van der Waals surface area contributed by atoms with Crippen molar-refractivity contribution in [3.63, 3.8) is 0 Å². The number of piperidine rings is 1. The van der Waals surface area contributed by atoms with Crippen LogP contribution in [0.4, 0.5) is 5.95 Å². The molecule has 0 spiro atoms. The minimum absolute atomic E-state index is 0.0955. The Balaban J connectivity index is 1.66. The van der Waals surface area contributed by atoms with Gasteiger partial charge in [0.05, 0.1) is 5.92 Å². The molecule has 1 aromatic heterocycles. The van der Waals surface area contributed by atoms with Crippen LogP contribution in [0.25, 0.3) is 0 Å². The van der Waals surface area contributed by atoms with Crippen LogP contribution in [0, 0.1) is 5.92 Å². The number of nitrogens with zero attached hydrogens (tertiary/aromatic N) is 4. The fourth-order valence-electron chi connectivity index (χ4n) is 3.86. The summed E-state index contributed by atoms with van der Waals surface area (Å²) in [7, 11) is 0. The van der Waals surface area contributed by atoms with Gasteiger partial charge >= 0.3 is 0 Å². The summed E-state index contributed by atoms with van der Waals surface area (Å²) in [5.74, 6) is 1.19. The zero-order valence-electron chi connectivity index (χ0n) is 13.4. The highest BCUT2D eigenvalue weighted by Crippen LogP contribution is 2.27. The number of hydrogen-bond acceptors (Lipinski definition) is 4. The van der Waals surface area contributed by atoms with Gasteiger partial charge in [-0.05, 0) is 38.7 Å². The van der Waals surface area contributed by atoms with Crippen LogP contribution >= 0.6 is 0 Å². The van der Waals surface area contributed by atoms with Crippen molar-refractivity contribution in [2.75, 3.05) is 24.5 Å². The average molecular weight is 302 g/mol. The molecule has 0 bridgehead atoms. The monoisotopic (exact) mass is 302 g/mol. The fourth-order valence-corrected chi connectivity index (χ4v) is 3.86. The Hall–Kier alpha value is -1.65. The molecule has 0 aromatic carbocycles. The predicted octanol–water partition coefficient (Wildman–Crippen LogP) is 2.48. The van der Waals surface area contributed by atoms with Crippen molar-refractivity contribution >= 4 is 11.9 Å². The quantitative estimate of drug-likeness (QED) is 0.857. The Morgan fingerprint density at radius 1 is 1.23 bits per heavy atom. The summed E-state index contributed by atoms with van der Waals surface area (Å²) in [5.41, 5.74) is 0. The van der Waals surface area contributed by atoms with Gasteiger partial charge in [-0.25, -0.2) is 9.97 Å². The number of carbonyl (C=O) groups excluding carboxylic acids is 1. The summed E-state index contributed by atoms with van der Waals surface area (Å²) < 4.78 is 0. The molecule has 0 N–H and O–H groups in total. The van der Waals surface area contributed by atoms with Crippen molar-refractivity contribution in [1.29, 1.82) is 0 Å². The molecule has 1 atom stereocenters. The molecule has 1 amide bonds. The van der Waals surface area contributed by atoms with Crippen molar-refractivity contribution in [1.82, 2.24) is 14.9 Å². The van der Waals surface area contributed by atoms with E-state index in [1.54, 1.807) is 12.4 Å². The smallest absolute Gasteiger partial charge is 0.227 e. The van der Waals surface area contributed by atoms with E-state index in [4.69, 9.17) is 0 Å². The molecule has 2 heterocycles. The third-order valence-corrected chi connectivity index (χ3v) is 4.99. The van der Waals surface area contributed by atoms with Crippen LogP contribution in [0.2, 0.25) is 0 Å². The number of aromatic nitrogens is 2. The van der Waals surface area contributed by atoms with Crippen LogP contribution in [0.15, 0.2) is 18.5 Å². The highest BCUT2D eigenvalue weighted by atomic mass is 16.2. The van der Waals surface area contributed by atoms with E-state index in [2.05, 4.69) is 26.7 Å². The first-order valence-corrected chi connectivity index (χ1v) is 8.62. The van der Waals surface area contributed by atoms with Gasteiger partial charge in [-0.1, -0.05) is 12.8 Å². The van der Waals surface area contributed by atoms with Crippen LogP contribution in [0.1, 0.15) is 45.4 Å². The molecule has 3 rings (SSSR count). The van der Waals surface area contributed by atoms with Crippen LogP contribution in [0.5, 0.6) is 0 Å². The van der Waals surface area contributed by atoms with E-state index < -0.39 is 0 Å². The Morgan fingerprint density at radius 2 is 1.95 bits per heavy atom. The van der Waals surface area contributed by atoms with Gasteiger partial charge in [-0.3, -0.25) is 4.79 Å². The minimum atomic E-state index is 0.0955. The Morgan fingerprint density at radius 3 is 2.64 bits per heavy atom. The normalized spacial score (nSPS) is 22.8. The average Bonchev–Trinajstić information content (AvgIpc) is 3.11. The number of rotatable bonds is 4. The second kappa shape index (κ2) is 7.07. The second-order valence-corrected chi connectivity index (χ2v) is 6.40. The maximum atomic E-state index is 13.0. The molecule has 1 saturated carbocycles. The maximum absolute atomic E-state index is 13.0. The van der Waals surface area contributed by atoms with Gasteiger partial charge in [-0.2, -0.15) is 0 Å². The molecule has 5 heteroatoms. The van der Waals surface area contributed by atoms with E-state index in [0.29, 0.717) is 11.9 Å². The molecule has 5 nitrogen and oxygen atoms in total. The molecular formula is C17H26N4O. The number of hydrogen-bond donors (Lipinski definition) is 0. The molecule has 1 saturated heterocycles. The van der Waals surface area contributed by atoms with E-state index in [9.17, 15) is 4.79 Å². The molecule has 2 aliphatic rings. The second-order valence-electron chi connectivity index (χ2n) is 6.40. The Bertz CT molecular complexity index is 487. The maximum Gasteiger partial charge on any atom is 0.227 e. The number of anilines is 1. The van der Waals surface area contributed by atoms with Crippen molar-refractivity contribution in [2.24, 2.45) is 5.92 Å². The van der Waals surface area contributed by atoms with E-state index in [0.717, 1.165) is 38.4 Å². The van der Waals surface area contributed by atoms with Crippen LogP contribution in [-0.2, 0) is 4.79 Å². The summed E-state index contributed by atoms with van der Waals surface area (Å²) in [6.07, 6.45) is 10.5. The largest absolute Gasteiger partial charge is 0.340 e. The molecule has 2 fully saturated rings. The highest BCUT2D eigenvalue weighted by Gasteiger charge is 2.33. The van der Waals surface area contributed by atoms with Gasteiger partial charge < -0.3 is 9.80 Å². The lowest BCUT2D eigenvalue weighted by molar-refractivity contribution is -0.137. The Labute approximate surface area is 132 Å². The van der Waals surface area contributed by atoms with Crippen LogP contribution in [0.3, 0.4) is 0 Å². The lowest BCUT2D eigenvalue weighted by Crippen LogP contribution is -2.48. The summed E-state index contributed by atoms with van der Waals surface area (Å²) in [6.45, 7) is 4.65. The van der Waals surface area contributed by atoms with Crippen molar-refractivity contribution in [3.05, 3.63) is 18.5 Å². The highest BCUT2D eigenvalue weighted by molar-refractivity contribution is 5.80. The zero-order chi connectivity index (χ0) is 15.4. The summed E-state index contributed by atoms with van der Waals surface area (Å²) in [4.78, 5) is 25.9. The molecule has 1 unspecified atom stereocenters. The van der Waals surface area contributed by atoms with Gasteiger partial charge in [0, 0.05) is 38.1 Å². The minimum Gasteiger partial charge on any atom is -0.340 e. The number of amides is 1. The molecule has 22 heavy (non-hydrogen) atoms. The van der Waals surface area contributed by atoms with E-state index >= 15 is 0 Å². The van der Waals surface area contributed by atoms with Crippen molar-refractivity contribution in [2.45, 2.75) is 51.5 Å². The van der Waals surface area contributed by atoms with E-state index in [-0.39, 0.29) is 5.92 Å². The molecule has 1 aliphatic heterocycles. The molecule has 0 radical (unpaired) electrons. The lowest BCUT2D eigenvalue weighted by atomic mass is 9.96. The Kier molecular flexibility index (Phi) is 4.90. The zero-order valence-corrected chi connectivity index (χ0v) is 13.4. The predicted molar refractivity (Wildman–Crippen MR) is 86.6 cm³/mol. The van der Waals surface area contributed by atoms with Gasteiger partial charge in [0.1, 0.15) is 0 Å². The van der Waals surface area contributed by atoms with E-state index in [1.165, 1.54) is 25.7 Å². The first kappa shape index (κ1) is 15.3. The number of carbonyl (C=O) groups is 1.